The zero-order valence-corrected chi connectivity index (χ0v) is 12.2. The van der Waals surface area contributed by atoms with E-state index >= 15 is 0 Å². The molecule has 0 unspecified atom stereocenters. The molecule has 2 aromatic heterocycles. The molecule has 0 aliphatic rings. The highest BCUT2D eigenvalue weighted by Crippen LogP contribution is 2.20. The molecule has 6 heteroatoms. The Bertz CT molecular complexity index is 495. The van der Waals surface area contributed by atoms with Crippen molar-refractivity contribution in [2.45, 2.75) is 19.4 Å². The Morgan fingerprint density at radius 2 is 2.39 bits per heavy atom. The van der Waals surface area contributed by atoms with Gasteiger partial charge in [-0.2, -0.15) is 0 Å². The fraction of sp³-hybridized carbons (Fsp3) is 0.333. The topological polar surface area (TPSA) is 46.9 Å². The molecule has 2 aromatic rings. The second-order valence-electron chi connectivity index (χ2n) is 3.90. The van der Waals surface area contributed by atoms with Crippen LogP contribution in [0.1, 0.15) is 23.2 Å². The maximum absolute atomic E-state index is 11.7. The van der Waals surface area contributed by atoms with Gasteiger partial charge in [0, 0.05) is 30.9 Å². The first-order chi connectivity index (χ1) is 8.75. The normalized spacial score (nSPS) is 10.5. The van der Waals surface area contributed by atoms with E-state index in [0.717, 1.165) is 28.7 Å². The minimum atomic E-state index is -0.000388. The van der Waals surface area contributed by atoms with Crippen LogP contribution < -0.4 is 5.32 Å². The van der Waals surface area contributed by atoms with Gasteiger partial charge in [-0.25, -0.2) is 4.98 Å². The summed E-state index contributed by atoms with van der Waals surface area (Å²) in [6.07, 6.45) is 7.53. The van der Waals surface area contributed by atoms with Gasteiger partial charge >= 0.3 is 0 Å². The third-order valence-electron chi connectivity index (χ3n) is 2.52. The highest BCUT2D eigenvalue weighted by Gasteiger charge is 2.06. The van der Waals surface area contributed by atoms with Gasteiger partial charge in [0.15, 0.2) is 0 Å². The van der Waals surface area contributed by atoms with Crippen LogP contribution in [0, 0.1) is 0 Å². The number of imidazole rings is 1. The van der Waals surface area contributed by atoms with Gasteiger partial charge in [0.2, 0.25) is 0 Å². The van der Waals surface area contributed by atoms with Gasteiger partial charge in [-0.15, -0.1) is 11.3 Å². The number of aromatic nitrogens is 2. The molecule has 2 rings (SSSR count). The Morgan fingerprint density at radius 3 is 3.06 bits per heavy atom. The van der Waals surface area contributed by atoms with Crippen molar-refractivity contribution < 1.29 is 4.79 Å². The lowest BCUT2D eigenvalue weighted by atomic mass is 10.3. The molecule has 0 aliphatic heterocycles. The number of hydrogen-bond donors (Lipinski definition) is 1. The number of halogens is 1. The first-order valence-electron chi connectivity index (χ1n) is 5.73. The number of carbonyl (C=O) groups is 1. The fourth-order valence-corrected chi connectivity index (χ4v) is 2.71. The summed E-state index contributed by atoms with van der Waals surface area (Å²) in [5, 5.41) is 4.77. The first kappa shape index (κ1) is 13.3. The lowest BCUT2D eigenvalue weighted by Crippen LogP contribution is -2.24. The van der Waals surface area contributed by atoms with E-state index in [9.17, 15) is 4.79 Å². The van der Waals surface area contributed by atoms with E-state index in [1.165, 1.54) is 11.3 Å². The lowest BCUT2D eigenvalue weighted by molar-refractivity contribution is 0.0953. The number of unbranched alkanes of at least 4 members (excludes halogenated alkanes) is 1. The molecule has 0 aromatic carbocycles. The molecule has 0 saturated carbocycles. The van der Waals surface area contributed by atoms with Crippen LogP contribution in [0.4, 0.5) is 0 Å². The average Bonchev–Trinajstić information content (AvgIpc) is 2.99. The number of nitrogens with zero attached hydrogens (tertiary/aromatic N) is 2. The van der Waals surface area contributed by atoms with Crippen LogP contribution in [0.25, 0.3) is 0 Å². The smallest absolute Gasteiger partial charge is 0.252 e. The number of carbonyl (C=O) groups excluding carboxylic acids is 1. The van der Waals surface area contributed by atoms with E-state index in [-0.39, 0.29) is 5.91 Å². The molecule has 0 radical (unpaired) electrons. The van der Waals surface area contributed by atoms with Crippen molar-refractivity contribution >= 4 is 33.2 Å². The zero-order chi connectivity index (χ0) is 12.8. The van der Waals surface area contributed by atoms with Crippen molar-refractivity contribution in [2.24, 2.45) is 0 Å². The van der Waals surface area contributed by atoms with Crippen molar-refractivity contribution in [2.75, 3.05) is 6.54 Å². The van der Waals surface area contributed by atoms with Crippen LogP contribution in [0.3, 0.4) is 0 Å². The monoisotopic (exact) mass is 327 g/mol. The largest absolute Gasteiger partial charge is 0.352 e. The van der Waals surface area contributed by atoms with Crippen LogP contribution >= 0.6 is 27.3 Å². The Balaban J connectivity index is 1.62. The summed E-state index contributed by atoms with van der Waals surface area (Å²) in [6.45, 7) is 1.65. The molecule has 0 saturated heterocycles. The Labute approximate surface area is 118 Å². The van der Waals surface area contributed by atoms with Crippen LogP contribution in [0.15, 0.2) is 34.0 Å². The maximum Gasteiger partial charge on any atom is 0.252 e. The van der Waals surface area contributed by atoms with Gasteiger partial charge in [-0.1, -0.05) is 0 Å². The predicted molar refractivity (Wildman–Crippen MR) is 75.8 cm³/mol. The van der Waals surface area contributed by atoms with Crippen LogP contribution in [0.5, 0.6) is 0 Å². The van der Waals surface area contributed by atoms with Crippen LogP contribution in [0.2, 0.25) is 0 Å². The molecule has 4 nitrogen and oxygen atoms in total. The minimum Gasteiger partial charge on any atom is -0.352 e. The molecular weight excluding hydrogens is 314 g/mol. The summed E-state index contributed by atoms with van der Waals surface area (Å²) in [5.41, 5.74) is 0.724. The van der Waals surface area contributed by atoms with Gasteiger partial charge in [0.25, 0.3) is 5.91 Å². The van der Waals surface area contributed by atoms with Gasteiger partial charge in [-0.3, -0.25) is 4.79 Å². The third kappa shape index (κ3) is 3.96. The SMILES string of the molecule is O=C(NCCCCn1ccnc1)c1csc(Br)c1. The van der Waals surface area contributed by atoms with E-state index in [4.69, 9.17) is 0 Å². The van der Waals surface area contributed by atoms with Crippen molar-refractivity contribution in [3.8, 4) is 0 Å². The second kappa shape index (κ2) is 6.70. The van der Waals surface area contributed by atoms with Crippen molar-refractivity contribution in [1.29, 1.82) is 0 Å². The zero-order valence-electron chi connectivity index (χ0n) is 9.80. The van der Waals surface area contributed by atoms with Crippen molar-refractivity contribution in [3.63, 3.8) is 0 Å². The third-order valence-corrected chi connectivity index (χ3v) is 4.02. The second-order valence-corrected chi connectivity index (χ2v) is 6.19. The number of rotatable bonds is 6. The fourth-order valence-electron chi connectivity index (χ4n) is 1.57. The lowest BCUT2D eigenvalue weighted by Gasteiger charge is -2.04. The number of amides is 1. The van der Waals surface area contributed by atoms with E-state index in [1.807, 2.05) is 28.5 Å². The number of aryl methyl sites for hydroxylation is 1. The van der Waals surface area contributed by atoms with Gasteiger partial charge < -0.3 is 9.88 Å². The van der Waals surface area contributed by atoms with Crippen molar-refractivity contribution in [1.82, 2.24) is 14.9 Å². The maximum atomic E-state index is 11.7. The average molecular weight is 328 g/mol. The molecule has 0 aliphatic carbocycles. The summed E-state index contributed by atoms with van der Waals surface area (Å²) in [5.74, 6) is -0.000388. The molecule has 2 heterocycles. The molecule has 18 heavy (non-hydrogen) atoms. The van der Waals surface area contributed by atoms with Crippen molar-refractivity contribution in [3.05, 3.63) is 39.5 Å². The highest BCUT2D eigenvalue weighted by atomic mass is 79.9. The van der Waals surface area contributed by atoms with Gasteiger partial charge in [0.05, 0.1) is 15.7 Å². The first-order valence-corrected chi connectivity index (χ1v) is 7.41. The molecule has 96 valence electrons. The molecule has 0 fully saturated rings. The van der Waals surface area contributed by atoms with Gasteiger partial charge in [-0.05, 0) is 34.8 Å². The summed E-state index contributed by atoms with van der Waals surface area (Å²) >= 11 is 4.87. The van der Waals surface area contributed by atoms with E-state index in [1.54, 1.807) is 6.20 Å². The number of nitrogens with one attached hydrogen (secondary N) is 1. The van der Waals surface area contributed by atoms with Crippen LogP contribution in [-0.2, 0) is 6.54 Å². The molecule has 1 N–H and O–H groups in total. The molecule has 0 bridgehead atoms. The quantitative estimate of drug-likeness (QED) is 0.829. The molecule has 0 spiro atoms. The Kier molecular flexibility index (Phi) is 4.95. The standard InChI is InChI=1S/C12H14BrN3OS/c13-11-7-10(8-18-11)12(17)15-3-1-2-5-16-6-4-14-9-16/h4,6-9H,1-3,5H2,(H,15,17). The number of thiophene rings is 1. The Morgan fingerprint density at radius 1 is 1.50 bits per heavy atom. The number of hydrogen-bond acceptors (Lipinski definition) is 3. The Hall–Kier alpha value is -1.14. The van der Waals surface area contributed by atoms with E-state index in [2.05, 4.69) is 26.2 Å². The van der Waals surface area contributed by atoms with Crippen LogP contribution in [-0.4, -0.2) is 22.0 Å². The molecule has 1 amide bonds. The van der Waals surface area contributed by atoms with E-state index < -0.39 is 0 Å². The highest BCUT2D eigenvalue weighted by molar-refractivity contribution is 9.11. The molecule has 0 atom stereocenters. The summed E-state index contributed by atoms with van der Waals surface area (Å²) in [6, 6.07) is 1.84. The summed E-state index contributed by atoms with van der Waals surface area (Å²) < 4.78 is 3.02. The predicted octanol–water partition coefficient (Wildman–Crippen LogP) is 2.92. The summed E-state index contributed by atoms with van der Waals surface area (Å²) in [4.78, 5) is 15.7. The van der Waals surface area contributed by atoms with Gasteiger partial charge in [0.1, 0.15) is 0 Å². The summed E-state index contributed by atoms with van der Waals surface area (Å²) in [7, 11) is 0. The molecular formula is C12H14BrN3OS. The minimum absolute atomic E-state index is 0.000388. The van der Waals surface area contributed by atoms with E-state index in [0.29, 0.717) is 6.54 Å².